The van der Waals surface area contributed by atoms with Crippen LogP contribution in [0, 0.1) is 5.92 Å². The monoisotopic (exact) mass is 387 g/mol. The van der Waals surface area contributed by atoms with Gasteiger partial charge in [-0.3, -0.25) is 9.59 Å². The number of allylic oxidation sites excluding steroid dienone is 1. The second-order valence-electron chi connectivity index (χ2n) is 8.38. The molecule has 1 aromatic rings. The van der Waals surface area contributed by atoms with E-state index in [2.05, 4.69) is 43.3 Å². The van der Waals surface area contributed by atoms with Gasteiger partial charge in [-0.2, -0.15) is 0 Å². The van der Waals surface area contributed by atoms with Crippen molar-refractivity contribution in [3.63, 3.8) is 0 Å². The molecule has 28 heavy (non-hydrogen) atoms. The van der Waals surface area contributed by atoms with Crippen LogP contribution in [0.3, 0.4) is 0 Å². The van der Waals surface area contributed by atoms with Gasteiger partial charge < -0.3 is 19.5 Å². The number of carbonyl (C=O) groups is 2. The molecule has 0 bridgehead atoms. The maximum Gasteiger partial charge on any atom is 0.246 e. The molecule has 0 saturated carbocycles. The van der Waals surface area contributed by atoms with E-state index < -0.39 is 5.54 Å². The quantitative estimate of drug-likeness (QED) is 0.781. The average Bonchev–Trinajstić information content (AvgIpc) is 3.18. The van der Waals surface area contributed by atoms with Crippen LogP contribution in [0.15, 0.2) is 35.1 Å². The van der Waals surface area contributed by atoms with Gasteiger partial charge in [-0.05, 0) is 49.9 Å². The van der Waals surface area contributed by atoms with Gasteiger partial charge in [0.2, 0.25) is 11.8 Å². The third kappa shape index (κ3) is 4.26. The summed E-state index contributed by atoms with van der Waals surface area (Å²) in [4.78, 5) is 30.4. The highest BCUT2D eigenvalue weighted by atomic mass is 16.3. The first-order valence-corrected chi connectivity index (χ1v) is 10.5. The smallest absolute Gasteiger partial charge is 0.246 e. The van der Waals surface area contributed by atoms with Crippen LogP contribution in [0.1, 0.15) is 52.2 Å². The van der Waals surface area contributed by atoms with Gasteiger partial charge in [0.15, 0.2) is 0 Å². The van der Waals surface area contributed by atoms with Crippen molar-refractivity contribution in [3.05, 3.63) is 36.4 Å². The van der Waals surface area contributed by atoms with E-state index in [0.29, 0.717) is 31.7 Å². The predicted octanol–water partition coefficient (Wildman–Crippen LogP) is 2.95. The molecule has 2 aliphatic rings. The lowest BCUT2D eigenvalue weighted by Gasteiger charge is -2.51. The van der Waals surface area contributed by atoms with Gasteiger partial charge in [0.25, 0.3) is 0 Å². The first kappa shape index (κ1) is 20.5. The maximum atomic E-state index is 13.1. The molecule has 1 atom stereocenters. The molecule has 1 aromatic heterocycles. The van der Waals surface area contributed by atoms with Crippen LogP contribution in [-0.4, -0.2) is 52.8 Å². The minimum absolute atomic E-state index is 0.0328. The largest absolute Gasteiger partial charge is 0.469 e. The Kier molecular flexibility index (Phi) is 6.47. The van der Waals surface area contributed by atoms with Crippen LogP contribution in [0.5, 0.6) is 0 Å². The molecule has 2 aliphatic heterocycles. The Morgan fingerprint density at radius 3 is 2.68 bits per heavy atom. The Morgan fingerprint density at radius 1 is 1.32 bits per heavy atom. The Morgan fingerprint density at radius 2 is 2.07 bits per heavy atom. The van der Waals surface area contributed by atoms with Crippen LogP contribution >= 0.6 is 0 Å². The number of amides is 2. The fourth-order valence-electron chi connectivity index (χ4n) is 4.34. The van der Waals surface area contributed by atoms with Crippen molar-refractivity contribution in [2.45, 2.75) is 64.5 Å². The maximum absolute atomic E-state index is 13.1. The van der Waals surface area contributed by atoms with Gasteiger partial charge in [0.05, 0.1) is 6.26 Å². The molecule has 6 heteroatoms. The number of likely N-dealkylation sites (tertiary alicyclic amines) is 1. The van der Waals surface area contributed by atoms with Crippen molar-refractivity contribution in [1.29, 1.82) is 0 Å². The molecule has 1 unspecified atom stereocenters. The Labute approximate surface area is 167 Å². The van der Waals surface area contributed by atoms with Gasteiger partial charge in [0, 0.05) is 26.1 Å². The summed E-state index contributed by atoms with van der Waals surface area (Å²) >= 11 is 0. The van der Waals surface area contributed by atoms with Crippen LogP contribution in [-0.2, 0) is 16.0 Å². The van der Waals surface area contributed by atoms with Gasteiger partial charge in [-0.25, -0.2) is 0 Å². The van der Waals surface area contributed by atoms with Gasteiger partial charge in [-0.1, -0.05) is 26.8 Å². The van der Waals surface area contributed by atoms with Crippen LogP contribution in [0.2, 0.25) is 0 Å². The minimum atomic E-state index is -0.689. The van der Waals surface area contributed by atoms with Gasteiger partial charge in [0.1, 0.15) is 17.3 Å². The normalized spacial score (nSPS) is 22.5. The van der Waals surface area contributed by atoms with E-state index in [1.54, 1.807) is 6.26 Å². The zero-order valence-corrected chi connectivity index (χ0v) is 17.3. The topological polar surface area (TPSA) is 65.8 Å². The van der Waals surface area contributed by atoms with Crippen molar-refractivity contribution in [3.8, 4) is 0 Å². The average molecular weight is 388 g/mol. The highest BCUT2D eigenvalue weighted by Crippen LogP contribution is 2.34. The summed E-state index contributed by atoms with van der Waals surface area (Å²) < 4.78 is 5.35. The molecule has 0 aliphatic carbocycles. The zero-order valence-electron chi connectivity index (χ0n) is 17.3. The van der Waals surface area contributed by atoms with Crippen LogP contribution in [0.25, 0.3) is 0 Å². The molecule has 0 aromatic carbocycles. The van der Waals surface area contributed by atoms with E-state index in [-0.39, 0.29) is 17.9 Å². The van der Waals surface area contributed by atoms with Gasteiger partial charge in [-0.15, -0.1) is 0 Å². The molecule has 1 N–H and O–H groups in total. The van der Waals surface area contributed by atoms with Crippen molar-refractivity contribution >= 4 is 11.8 Å². The number of nitrogens with one attached hydrogen (secondary N) is 1. The minimum Gasteiger partial charge on any atom is -0.469 e. The number of carbonyl (C=O) groups excluding carboxylic acids is 2. The van der Waals surface area contributed by atoms with Crippen molar-refractivity contribution in [2.24, 2.45) is 5.92 Å². The van der Waals surface area contributed by atoms with Crippen molar-refractivity contribution in [2.75, 3.05) is 19.6 Å². The number of nitrogens with zero attached hydrogens (tertiary/aromatic N) is 2. The molecule has 3 rings (SSSR count). The zero-order chi connectivity index (χ0) is 20.1. The SMILES string of the molecule is CCCN1C(=O)C(CC(C)C)NC(=O)C12CCN(/C=C/Cc1ccco1)CC2. The molecule has 6 nitrogen and oxygen atoms in total. The molecule has 0 radical (unpaired) electrons. The van der Waals surface area contributed by atoms with E-state index in [1.165, 1.54) is 0 Å². The van der Waals surface area contributed by atoms with Crippen LogP contribution < -0.4 is 5.32 Å². The summed E-state index contributed by atoms with van der Waals surface area (Å²) in [6, 6.07) is 3.47. The van der Waals surface area contributed by atoms with E-state index >= 15 is 0 Å². The third-order valence-corrected chi connectivity index (χ3v) is 5.80. The second-order valence-corrected chi connectivity index (χ2v) is 8.38. The Hall–Kier alpha value is -2.24. The lowest BCUT2D eigenvalue weighted by molar-refractivity contribution is -0.161. The lowest BCUT2D eigenvalue weighted by atomic mass is 9.81. The molecule has 1 spiro atoms. The molecule has 3 heterocycles. The fourth-order valence-corrected chi connectivity index (χ4v) is 4.34. The standard InChI is InChI=1S/C22H33N3O3/c1-4-11-25-20(26)19(16-17(2)3)23-21(27)22(25)9-13-24(14-10-22)12-5-7-18-8-6-15-28-18/h5-6,8,12,15,17,19H,4,7,9-11,13-14,16H2,1-3H3,(H,23,27)/b12-5+. The first-order chi connectivity index (χ1) is 13.5. The van der Waals surface area contributed by atoms with E-state index in [4.69, 9.17) is 4.42 Å². The number of hydrogen-bond acceptors (Lipinski definition) is 4. The van der Waals surface area contributed by atoms with Gasteiger partial charge >= 0.3 is 0 Å². The van der Waals surface area contributed by atoms with Crippen LogP contribution in [0.4, 0.5) is 0 Å². The van der Waals surface area contributed by atoms with Crippen molar-refractivity contribution in [1.82, 2.24) is 15.1 Å². The predicted molar refractivity (Wildman–Crippen MR) is 108 cm³/mol. The summed E-state index contributed by atoms with van der Waals surface area (Å²) in [7, 11) is 0. The molecular weight excluding hydrogens is 354 g/mol. The van der Waals surface area contributed by atoms with E-state index in [1.807, 2.05) is 17.0 Å². The molecule has 2 fully saturated rings. The molecule has 154 valence electrons. The lowest BCUT2D eigenvalue weighted by Crippen LogP contribution is -2.72. The van der Waals surface area contributed by atoms with E-state index in [9.17, 15) is 9.59 Å². The van der Waals surface area contributed by atoms with Crippen molar-refractivity contribution < 1.29 is 14.0 Å². The summed E-state index contributed by atoms with van der Waals surface area (Å²) in [6.07, 6.45) is 9.52. The third-order valence-electron chi connectivity index (χ3n) is 5.80. The fraction of sp³-hybridized carbons (Fsp3) is 0.636. The molecule has 2 amide bonds. The molecule has 2 saturated heterocycles. The summed E-state index contributed by atoms with van der Waals surface area (Å²) in [5, 5.41) is 3.04. The highest BCUT2D eigenvalue weighted by Gasteiger charge is 2.53. The number of piperazine rings is 1. The summed E-state index contributed by atoms with van der Waals surface area (Å²) in [6.45, 7) is 8.42. The summed E-state index contributed by atoms with van der Waals surface area (Å²) in [5.41, 5.74) is -0.689. The summed E-state index contributed by atoms with van der Waals surface area (Å²) in [5.74, 6) is 1.43. The highest BCUT2D eigenvalue weighted by molar-refractivity contribution is 6.00. The second kappa shape index (κ2) is 8.84. The number of rotatable bonds is 7. The number of hydrogen-bond donors (Lipinski definition) is 1. The Balaban J connectivity index is 1.66. The van der Waals surface area contributed by atoms with E-state index in [0.717, 1.165) is 31.7 Å². The first-order valence-electron chi connectivity index (χ1n) is 10.5. The number of furan rings is 1. The number of piperidine rings is 1. The Bertz CT molecular complexity index is 688. The molecular formula is C22H33N3O3.